The molecule has 0 spiro atoms. The van der Waals surface area contributed by atoms with Crippen LogP contribution in [0, 0.1) is 13.8 Å². The van der Waals surface area contributed by atoms with Crippen molar-refractivity contribution in [3.63, 3.8) is 0 Å². The van der Waals surface area contributed by atoms with Gasteiger partial charge in [0.2, 0.25) is 0 Å². The number of rotatable bonds is 7. The van der Waals surface area contributed by atoms with Crippen molar-refractivity contribution in [1.29, 1.82) is 0 Å². The van der Waals surface area contributed by atoms with Gasteiger partial charge in [-0.05, 0) is 85.5 Å². The Bertz CT molecular complexity index is 1580. The van der Waals surface area contributed by atoms with Gasteiger partial charge in [0.1, 0.15) is 0 Å². The number of hydrogen-bond donors (Lipinski definition) is 0. The molecule has 0 atom stereocenters. The first-order chi connectivity index (χ1) is 18.5. The summed E-state index contributed by atoms with van der Waals surface area (Å²) in [6, 6.07) is 36.7. The van der Waals surface area contributed by atoms with Gasteiger partial charge in [-0.25, -0.2) is 4.79 Å². The molecule has 188 valence electrons. The van der Waals surface area contributed by atoms with E-state index in [1.54, 1.807) is 0 Å². The van der Waals surface area contributed by atoms with Gasteiger partial charge in [-0.3, -0.25) is 4.99 Å². The van der Waals surface area contributed by atoms with E-state index in [0.29, 0.717) is 12.2 Å². The number of ether oxygens (including phenoxy) is 1. The number of aryl methyl sites for hydroxylation is 2. The molecule has 0 unspecified atom stereocenters. The van der Waals surface area contributed by atoms with Crippen LogP contribution in [0.1, 0.15) is 34.0 Å². The molecule has 4 aromatic carbocycles. The number of aromatic nitrogens is 1. The maximum atomic E-state index is 12.3. The highest BCUT2D eigenvalue weighted by molar-refractivity contribution is 5.95. The van der Waals surface area contributed by atoms with Crippen LogP contribution < -0.4 is 0 Å². The van der Waals surface area contributed by atoms with Crippen molar-refractivity contribution in [2.45, 2.75) is 20.8 Å². The lowest BCUT2D eigenvalue weighted by molar-refractivity contribution is 0.0526. The first-order valence-corrected chi connectivity index (χ1v) is 12.8. The highest BCUT2D eigenvalue weighted by Crippen LogP contribution is 2.36. The minimum atomic E-state index is -0.320. The average Bonchev–Trinajstić information content (AvgIpc) is 3.34. The molecule has 0 aliphatic heterocycles. The normalized spacial score (nSPS) is 11.1. The predicted molar refractivity (Wildman–Crippen MR) is 156 cm³/mol. The summed E-state index contributed by atoms with van der Waals surface area (Å²) >= 11 is 0. The van der Waals surface area contributed by atoms with Crippen LogP contribution in [0.2, 0.25) is 0 Å². The maximum absolute atomic E-state index is 12.3. The van der Waals surface area contributed by atoms with Gasteiger partial charge in [0, 0.05) is 17.5 Å². The van der Waals surface area contributed by atoms with E-state index < -0.39 is 0 Å². The molecule has 4 nitrogen and oxygen atoms in total. The molecule has 0 aliphatic carbocycles. The summed E-state index contributed by atoms with van der Waals surface area (Å²) in [4.78, 5) is 17.2. The van der Waals surface area contributed by atoms with Crippen molar-refractivity contribution in [3.05, 3.63) is 131 Å². The van der Waals surface area contributed by atoms with E-state index in [-0.39, 0.29) is 5.97 Å². The molecule has 4 heteroatoms. The summed E-state index contributed by atoms with van der Waals surface area (Å²) in [5, 5.41) is 0. The fourth-order valence-electron chi connectivity index (χ4n) is 4.52. The van der Waals surface area contributed by atoms with Crippen LogP contribution in [0.3, 0.4) is 0 Å². The third kappa shape index (κ3) is 5.21. The van der Waals surface area contributed by atoms with Gasteiger partial charge < -0.3 is 9.30 Å². The number of carbonyl (C=O) groups is 1. The smallest absolute Gasteiger partial charge is 0.338 e. The van der Waals surface area contributed by atoms with Crippen LogP contribution in [-0.2, 0) is 4.74 Å². The molecule has 5 aromatic rings. The van der Waals surface area contributed by atoms with Gasteiger partial charge in [0.25, 0.3) is 0 Å². The SMILES string of the molecule is CCOC(=O)c1ccc(-n2c(-c3ccccc3)cc(C=Nc3ccc(C)c(C)c3)c2-c2ccccc2)cc1. The number of carbonyl (C=O) groups excluding carboxylic acids is 1. The minimum absolute atomic E-state index is 0.320. The molecule has 0 amide bonds. The maximum Gasteiger partial charge on any atom is 0.338 e. The Morgan fingerprint density at radius 2 is 1.45 bits per heavy atom. The molecule has 0 N–H and O–H groups in total. The quantitative estimate of drug-likeness (QED) is 0.167. The Morgan fingerprint density at radius 1 is 0.789 bits per heavy atom. The number of esters is 1. The van der Waals surface area contributed by atoms with Crippen molar-refractivity contribution in [1.82, 2.24) is 4.57 Å². The molecule has 5 rings (SSSR count). The molecule has 0 saturated heterocycles. The molecule has 0 radical (unpaired) electrons. The van der Waals surface area contributed by atoms with Crippen LogP contribution in [0.4, 0.5) is 5.69 Å². The molecule has 0 aliphatic rings. The van der Waals surface area contributed by atoms with Crippen molar-refractivity contribution < 1.29 is 9.53 Å². The zero-order chi connectivity index (χ0) is 26.5. The largest absolute Gasteiger partial charge is 0.462 e. The summed E-state index contributed by atoms with van der Waals surface area (Å²) in [6.07, 6.45) is 1.95. The Morgan fingerprint density at radius 3 is 2.08 bits per heavy atom. The topological polar surface area (TPSA) is 43.6 Å². The summed E-state index contributed by atoms with van der Waals surface area (Å²) in [5.74, 6) is -0.320. The summed E-state index contributed by atoms with van der Waals surface area (Å²) < 4.78 is 7.43. The summed E-state index contributed by atoms with van der Waals surface area (Å²) in [6.45, 7) is 6.37. The fourth-order valence-corrected chi connectivity index (χ4v) is 4.52. The molecule has 1 aromatic heterocycles. The predicted octanol–water partition coefficient (Wildman–Crippen LogP) is 8.36. The second kappa shape index (κ2) is 11.1. The van der Waals surface area contributed by atoms with E-state index in [1.807, 2.05) is 79.9 Å². The molecule has 0 fully saturated rings. The van der Waals surface area contributed by atoms with E-state index in [0.717, 1.165) is 39.5 Å². The summed E-state index contributed by atoms with van der Waals surface area (Å²) in [5.41, 5.74) is 10.1. The molecule has 0 saturated carbocycles. The second-order valence-electron chi connectivity index (χ2n) is 9.20. The van der Waals surface area contributed by atoms with Gasteiger partial charge in [0.05, 0.1) is 29.2 Å². The third-order valence-electron chi connectivity index (χ3n) is 6.63. The lowest BCUT2D eigenvalue weighted by atomic mass is 10.1. The first-order valence-electron chi connectivity index (χ1n) is 12.8. The third-order valence-corrected chi connectivity index (χ3v) is 6.63. The van der Waals surface area contributed by atoms with Crippen LogP contribution in [0.15, 0.2) is 114 Å². The van der Waals surface area contributed by atoms with Crippen LogP contribution in [0.5, 0.6) is 0 Å². The highest BCUT2D eigenvalue weighted by Gasteiger charge is 2.19. The molecule has 0 bridgehead atoms. The van der Waals surface area contributed by atoms with Crippen molar-refractivity contribution in [3.8, 4) is 28.2 Å². The Labute approximate surface area is 223 Å². The fraction of sp³-hybridized carbons (Fsp3) is 0.118. The molecule has 38 heavy (non-hydrogen) atoms. The molecule has 1 heterocycles. The zero-order valence-electron chi connectivity index (χ0n) is 21.9. The number of benzene rings is 4. The van der Waals surface area contributed by atoms with E-state index in [2.05, 4.69) is 60.9 Å². The van der Waals surface area contributed by atoms with Gasteiger partial charge >= 0.3 is 5.97 Å². The lowest BCUT2D eigenvalue weighted by Crippen LogP contribution is -2.05. The molecular formula is C34H30N2O2. The number of aliphatic imine (C=N–C) groups is 1. The van der Waals surface area contributed by atoms with Crippen molar-refractivity contribution in [2.75, 3.05) is 6.61 Å². The monoisotopic (exact) mass is 498 g/mol. The zero-order valence-corrected chi connectivity index (χ0v) is 21.9. The van der Waals surface area contributed by atoms with Gasteiger partial charge in [-0.2, -0.15) is 0 Å². The van der Waals surface area contributed by atoms with E-state index in [1.165, 1.54) is 11.1 Å². The number of hydrogen-bond acceptors (Lipinski definition) is 3. The second-order valence-corrected chi connectivity index (χ2v) is 9.20. The minimum Gasteiger partial charge on any atom is -0.462 e. The Hall–Kier alpha value is -4.70. The van der Waals surface area contributed by atoms with Crippen molar-refractivity contribution >= 4 is 17.9 Å². The highest BCUT2D eigenvalue weighted by atomic mass is 16.5. The lowest BCUT2D eigenvalue weighted by Gasteiger charge is -2.15. The van der Waals surface area contributed by atoms with Crippen LogP contribution in [-0.4, -0.2) is 23.4 Å². The van der Waals surface area contributed by atoms with Crippen LogP contribution >= 0.6 is 0 Å². The Balaban J connectivity index is 1.71. The number of nitrogens with zero attached hydrogens (tertiary/aromatic N) is 2. The standard InChI is InChI=1S/C34H30N2O2/c1-4-38-34(37)28-16-19-31(20-17-28)36-32(26-11-7-5-8-12-26)22-29(33(36)27-13-9-6-10-14-27)23-35-30-18-15-24(2)25(3)21-30/h5-23H,4H2,1-3H3. The van der Waals surface area contributed by atoms with Crippen molar-refractivity contribution in [2.24, 2.45) is 4.99 Å². The average molecular weight is 499 g/mol. The van der Waals surface area contributed by atoms with Gasteiger partial charge in [-0.15, -0.1) is 0 Å². The van der Waals surface area contributed by atoms with E-state index in [9.17, 15) is 4.79 Å². The summed E-state index contributed by atoms with van der Waals surface area (Å²) in [7, 11) is 0. The van der Waals surface area contributed by atoms with Gasteiger partial charge in [0.15, 0.2) is 0 Å². The van der Waals surface area contributed by atoms with E-state index >= 15 is 0 Å². The first kappa shape index (κ1) is 25.0. The van der Waals surface area contributed by atoms with Gasteiger partial charge in [-0.1, -0.05) is 66.7 Å². The Kier molecular flexibility index (Phi) is 7.32. The van der Waals surface area contributed by atoms with Crippen LogP contribution in [0.25, 0.3) is 28.2 Å². The molecular weight excluding hydrogens is 468 g/mol. The van der Waals surface area contributed by atoms with E-state index in [4.69, 9.17) is 9.73 Å².